The molecule has 0 bridgehead atoms. The number of carbonyl (C=O) groups excluding carboxylic acids is 2. The lowest BCUT2D eigenvalue weighted by molar-refractivity contribution is -0.149. The van der Waals surface area contributed by atoms with E-state index in [1.54, 1.807) is 12.3 Å². The number of sulfonamides is 1. The van der Waals surface area contributed by atoms with Crippen molar-refractivity contribution in [2.24, 2.45) is 5.41 Å². The first-order valence-electron chi connectivity index (χ1n) is 10.5. The molecule has 1 fully saturated rings. The predicted octanol–water partition coefficient (Wildman–Crippen LogP) is 1.65. The number of hydrogen-bond acceptors (Lipinski definition) is 7. The van der Waals surface area contributed by atoms with Gasteiger partial charge in [-0.2, -0.15) is 9.57 Å². The van der Waals surface area contributed by atoms with Crippen molar-refractivity contribution in [3.8, 4) is 6.07 Å². The Hall–Kier alpha value is -2.84. The van der Waals surface area contributed by atoms with Crippen LogP contribution in [0.15, 0.2) is 12.3 Å². The quantitative estimate of drug-likeness (QED) is 0.574. The first kappa shape index (κ1) is 23.8. The van der Waals surface area contributed by atoms with E-state index in [-0.39, 0.29) is 36.6 Å². The molecule has 32 heavy (non-hydrogen) atoms. The molecule has 1 saturated heterocycles. The highest BCUT2D eigenvalue weighted by atomic mass is 32.2. The van der Waals surface area contributed by atoms with Gasteiger partial charge in [-0.15, -0.1) is 0 Å². The van der Waals surface area contributed by atoms with Crippen LogP contribution in [0.5, 0.6) is 0 Å². The van der Waals surface area contributed by atoms with E-state index in [0.29, 0.717) is 36.1 Å². The summed E-state index contributed by atoms with van der Waals surface area (Å²) in [4.78, 5) is 35.0. The van der Waals surface area contributed by atoms with Crippen molar-refractivity contribution in [1.82, 2.24) is 23.7 Å². The van der Waals surface area contributed by atoms with Gasteiger partial charge in [0.1, 0.15) is 11.7 Å². The maximum Gasteiger partial charge on any atom is 0.244 e. The average molecular weight is 461 g/mol. The fourth-order valence-corrected chi connectivity index (χ4v) is 5.11. The number of carbonyl (C=O) groups is 2. The van der Waals surface area contributed by atoms with Crippen LogP contribution in [-0.2, 0) is 32.7 Å². The van der Waals surface area contributed by atoms with Crippen LogP contribution in [0.1, 0.15) is 52.1 Å². The normalized spacial score (nSPS) is 16.0. The first-order valence-corrected chi connectivity index (χ1v) is 12.1. The molecular weight excluding hydrogens is 432 g/mol. The van der Waals surface area contributed by atoms with Gasteiger partial charge in [0.05, 0.1) is 25.4 Å². The first-order chi connectivity index (χ1) is 14.9. The summed E-state index contributed by atoms with van der Waals surface area (Å²) in [5, 5.41) is 9.86. The van der Waals surface area contributed by atoms with E-state index in [2.05, 4.69) is 9.97 Å². The summed E-state index contributed by atoms with van der Waals surface area (Å²) < 4.78 is 27.8. The third-order valence-corrected chi connectivity index (χ3v) is 7.00. The molecule has 2 amide bonds. The fourth-order valence-electron chi connectivity index (χ4n) is 3.59. The van der Waals surface area contributed by atoms with Crippen LogP contribution in [0.4, 0.5) is 0 Å². The molecule has 0 N–H and O–H groups in total. The number of imide groups is 1. The maximum atomic E-state index is 12.8. The van der Waals surface area contributed by atoms with Gasteiger partial charge in [0.15, 0.2) is 0 Å². The zero-order valence-electron chi connectivity index (χ0n) is 18.8. The number of unbranched alkanes of at least 4 members (excludes halogenated alkanes) is 1. The molecule has 0 spiro atoms. The highest BCUT2D eigenvalue weighted by Crippen LogP contribution is 2.26. The molecule has 2 aromatic heterocycles. The molecular formula is C21H28N6O4S. The molecule has 0 aliphatic carbocycles. The van der Waals surface area contributed by atoms with Crippen LogP contribution >= 0.6 is 0 Å². The Morgan fingerprint density at radius 3 is 2.41 bits per heavy atom. The average Bonchev–Trinajstić information content (AvgIpc) is 3.03. The van der Waals surface area contributed by atoms with Gasteiger partial charge in [-0.3, -0.25) is 14.5 Å². The van der Waals surface area contributed by atoms with Crippen LogP contribution in [0, 0.1) is 16.7 Å². The number of hydrogen-bond donors (Lipinski definition) is 0. The number of piperazine rings is 1. The summed E-state index contributed by atoms with van der Waals surface area (Å²) in [6.45, 7) is 7.85. The Kier molecular flexibility index (Phi) is 6.67. The lowest BCUT2D eigenvalue weighted by Gasteiger charge is -2.32. The lowest BCUT2D eigenvalue weighted by atomic mass is 9.97. The maximum absolute atomic E-state index is 12.8. The minimum atomic E-state index is -3.66. The smallest absolute Gasteiger partial charge is 0.244 e. The molecule has 0 saturated carbocycles. The fraction of sp³-hybridized carbons (Fsp3) is 0.571. The van der Waals surface area contributed by atoms with Crippen LogP contribution < -0.4 is 0 Å². The summed E-state index contributed by atoms with van der Waals surface area (Å²) in [7, 11) is -3.66. The molecule has 0 radical (unpaired) electrons. The lowest BCUT2D eigenvalue weighted by Crippen LogP contribution is -2.55. The topological polar surface area (TPSA) is 129 Å². The van der Waals surface area contributed by atoms with Crippen molar-refractivity contribution in [2.75, 3.05) is 18.8 Å². The van der Waals surface area contributed by atoms with Gasteiger partial charge in [0, 0.05) is 23.8 Å². The van der Waals surface area contributed by atoms with Gasteiger partial charge in [0.25, 0.3) is 0 Å². The van der Waals surface area contributed by atoms with Gasteiger partial charge in [-0.25, -0.2) is 18.4 Å². The third-order valence-electron chi connectivity index (χ3n) is 5.15. The third kappa shape index (κ3) is 5.14. The van der Waals surface area contributed by atoms with Crippen LogP contribution in [0.25, 0.3) is 11.0 Å². The van der Waals surface area contributed by atoms with Crippen molar-refractivity contribution in [3.05, 3.63) is 23.8 Å². The Morgan fingerprint density at radius 2 is 1.84 bits per heavy atom. The van der Waals surface area contributed by atoms with E-state index < -0.39 is 21.8 Å². The zero-order chi connectivity index (χ0) is 23.7. The molecule has 1 aliphatic rings. The van der Waals surface area contributed by atoms with E-state index >= 15 is 0 Å². The SMILES string of the molecule is CCCCS(=O)(=O)N1CC(=O)N(Cc2cc3cnc(C#N)nc3n2CC(C)(C)C)C(=O)C1. The number of nitriles is 1. The second kappa shape index (κ2) is 8.96. The molecule has 3 heterocycles. The van der Waals surface area contributed by atoms with E-state index in [1.807, 2.05) is 38.3 Å². The Bertz CT molecular complexity index is 1170. The van der Waals surface area contributed by atoms with Crippen molar-refractivity contribution in [1.29, 1.82) is 5.26 Å². The molecule has 0 unspecified atom stereocenters. The van der Waals surface area contributed by atoms with Gasteiger partial charge >= 0.3 is 0 Å². The van der Waals surface area contributed by atoms with E-state index in [4.69, 9.17) is 5.26 Å². The van der Waals surface area contributed by atoms with Crippen LogP contribution in [0.3, 0.4) is 0 Å². The molecule has 172 valence electrons. The summed E-state index contributed by atoms with van der Waals surface area (Å²) in [5.41, 5.74) is 1.09. The predicted molar refractivity (Wildman–Crippen MR) is 118 cm³/mol. The Labute approximate surface area is 187 Å². The van der Waals surface area contributed by atoms with Gasteiger partial charge in [0.2, 0.25) is 27.7 Å². The molecule has 0 aromatic carbocycles. The summed E-state index contributed by atoms with van der Waals surface area (Å²) in [5.74, 6) is -1.16. The van der Waals surface area contributed by atoms with E-state index in [1.165, 1.54) is 0 Å². The molecule has 1 aliphatic heterocycles. The highest BCUT2D eigenvalue weighted by Gasteiger charge is 2.37. The minimum absolute atomic E-state index is 0.00512. The summed E-state index contributed by atoms with van der Waals surface area (Å²) in [6.07, 6.45) is 2.73. The summed E-state index contributed by atoms with van der Waals surface area (Å²) in [6, 6.07) is 3.73. The highest BCUT2D eigenvalue weighted by molar-refractivity contribution is 7.89. The standard InChI is InChI=1S/C21H28N6O4S/c1-5-6-7-32(30,31)25-12-18(28)26(19(29)13-25)11-16-8-15-10-23-17(9-22)24-20(15)27(16)14-21(2,3)4/h8,10H,5-7,11-14H2,1-4H3. The van der Waals surface area contributed by atoms with Crippen molar-refractivity contribution in [3.63, 3.8) is 0 Å². The molecule has 0 atom stereocenters. The molecule has 2 aromatic rings. The van der Waals surface area contributed by atoms with Gasteiger partial charge in [-0.1, -0.05) is 34.1 Å². The Morgan fingerprint density at radius 1 is 1.19 bits per heavy atom. The van der Waals surface area contributed by atoms with Crippen LogP contribution in [-0.4, -0.2) is 62.8 Å². The number of rotatable bonds is 7. The van der Waals surface area contributed by atoms with Crippen LogP contribution in [0.2, 0.25) is 0 Å². The Balaban J connectivity index is 1.91. The van der Waals surface area contributed by atoms with Crippen molar-refractivity contribution in [2.45, 2.75) is 53.6 Å². The zero-order valence-corrected chi connectivity index (χ0v) is 19.6. The molecule has 11 heteroatoms. The van der Waals surface area contributed by atoms with E-state index in [9.17, 15) is 18.0 Å². The van der Waals surface area contributed by atoms with Crippen molar-refractivity contribution < 1.29 is 18.0 Å². The van der Waals surface area contributed by atoms with Crippen molar-refractivity contribution >= 4 is 32.9 Å². The number of aromatic nitrogens is 3. The monoisotopic (exact) mass is 460 g/mol. The van der Waals surface area contributed by atoms with Gasteiger partial charge in [-0.05, 0) is 17.9 Å². The summed E-state index contributed by atoms with van der Waals surface area (Å²) >= 11 is 0. The largest absolute Gasteiger partial charge is 0.327 e. The minimum Gasteiger partial charge on any atom is -0.327 e. The number of fused-ring (bicyclic) bond motifs is 1. The number of nitrogens with zero attached hydrogens (tertiary/aromatic N) is 6. The molecule has 3 rings (SSSR count). The number of amides is 2. The second-order valence-electron chi connectivity index (χ2n) is 9.18. The second-order valence-corrected chi connectivity index (χ2v) is 11.3. The van der Waals surface area contributed by atoms with Gasteiger partial charge < -0.3 is 4.57 Å². The van der Waals surface area contributed by atoms with E-state index in [0.717, 1.165) is 9.21 Å². The molecule has 10 nitrogen and oxygen atoms in total.